The van der Waals surface area contributed by atoms with Crippen molar-refractivity contribution >= 4 is 0 Å². The molecule has 2 unspecified atom stereocenters. The first-order chi connectivity index (χ1) is 6.70. The molecule has 0 aliphatic carbocycles. The smallest absolute Gasteiger partial charge is 0.0525 e. The van der Waals surface area contributed by atoms with E-state index in [-0.39, 0.29) is 0 Å². The van der Waals surface area contributed by atoms with Gasteiger partial charge in [0.05, 0.1) is 6.61 Å². The standard InChI is InChI=1S/C12H24O2/c1-4-14-10-12(3)7-5-6-11(2)8-9-13/h5,7,11-13H,4,6,8-10H2,1-3H3. The Balaban J connectivity index is 3.49. The first-order valence-corrected chi connectivity index (χ1v) is 5.56. The van der Waals surface area contributed by atoms with Gasteiger partial charge in [0, 0.05) is 13.2 Å². The average molecular weight is 200 g/mol. The topological polar surface area (TPSA) is 29.5 Å². The van der Waals surface area contributed by atoms with Crippen molar-refractivity contribution in [2.24, 2.45) is 11.8 Å². The Morgan fingerprint density at radius 1 is 1.36 bits per heavy atom. The van der Waals surface area contributed by atoms with Crippen LogP contribution in [0.15, 0.2) is 12.2 Å². The largest absolute Gasteiger partial charge is 0.396 e. The molecule has 0 rings (SSSR count). The summed E-state index contributed by atoms with van der Waals surface area (Å²) in [6, 6.07) is 0. The van der Waals surface area contributed by atoms with Gasteiger partial charge in [-0.1, -0.05) is 26.0 Å². The van der Waals surface area contributed by atoms with Gasteiger partial charge >= 0.3 is 0 Å². The zero-order valence-electron chi connectivity index (χ0n) is 9.70. The van der Waals surface area contributed by atoms with Crippen LogP contribution in [0.1, 0.15) is 33.6 Å². The molecule has 0 aliphatic rings. The fourth-order valence-corrected chi connectivity index (χ4v) is 1.24. The van der Waals surface area contributed by atoms with Crippen molar-refractivity contribution in [3.05, 3.63) is 12.2 Å². The van der Waals surface area contributed by atoms with Gasteiger partial charge in [-0.15, -0.1) is 0 Å². The molecule has 0 aromatic heterocycles. The SMILES string of the molecule is CCOCC(C)C=CCC(C)CCO. The second kappa shape index (κ2) is 9.22. The van der Waals surface area contributed by atoms with Crippen LogP contribution in [0.4, 0.5) is 0 Å². The molecule has 0 aromatic carbocycles. The molecule has 0 radical (unpaired) electrons. The summed E-state index contributed by atoms with van der Waals surface area (Å²) >= 11 is 0. The zero-order valence-corrected chi connectivity index (χ0v) is 9.70. The fraction of sp³-hybridized carbons (Fsp3) is 0.833. The number of hydrogen-bond acceptors (Lipinski definition) is 2. The molecule has 0 aromatic rings. The second-order valence-corrected chi connectivity index (χ2v) is 3.92. The van der Waals surface area contributed by atoms with Crippen LogP contribution in [0, 0.1) is 11.8 Å². The molecular formula is C12H24O2. The Bertz CT molecular complexity index is 143. The lowest BCUT2D eigenvalue weighted by Gasteiger charge is -2.07. The van der Waals surface area contributed by atoms with Gasteiger partial charge in [0.25, 0.3) is 0 Å². The Morgan fingerprint density at radius 3 is 2.64 bits per heavy atom. The van der Waals surface area contributed by atoms with Gasteiger partial charge in [-0.2, -0.15) is 0 Å². The molecule has 0 heterocycles. The van der Waals surface area contributed by atoms with E-state index in [1.165, 1.54) is 0 Å². The summed E-state index contributed by atoms with van der Waals surface area (Å²) in [5, 5.41) is 8.72. The number of ether oxygens (including phenoxy) is 1. The van der Waals surface area contributed by atoms with E-state index in [1.54, 1.807) is 0 Å². The van der Waals surface area contributed by atoms with E-state index >= 15 is 0 Å². The van der Waals surface area contributed by atoms with Crippen molar-refractivity contribution in [3.63, 3.8) is 0 Å². The zero-order chi connectivity index (χ0) is 10.8. The highest BCUT2D eigenvalue weighted by molar-refractivity contribution is 4.87. The second-order valence-electron chi connectivity index (χ2n) is 3.92. The molecule has 2 heteroatoms. The monoisotopic (exact) mass is 200 g/mol. The Labute approximate surface area is 88.0 Å². The van der Waals surface area contributed by atoms with Crippen molar-refractivity contribution in [1.82, 2.24) is 0 Å². The van der Waals surface area contributed by atoms with E-state index in [0.717, 1.165) is 26.1 Å². The summed E-state index contributed by atoms with van der Waals surface area (Å²) in [5.41, 5.74) is 0. The summed E-state index contributed by atoms with van der Waals surface area (Å²) in [7, 11) is 0. The van der Waals surface area contributed by atoms with E-state index in [9.17, 15) is 0 Å². The van der Waals surface area contributed by atoms with Crippen molar-refractivity contribution in [2.45, 2.75) is 33.6 Å². The normalized spacial score (nSPS) is 16.0. The predicted molar refractivity (Wildman–Crippen MR) is 60.3 cm³/mol. The number of aliphatic hydroxyl groups is 1. The molecule has 2 atom stereocenters. The Kier molecular flexibility index (Phi) is 9.00. The molecule has 84 valence electrons. The third-order valence-corrected chi connectivity index (χ3v) is 2.21. The fourth-order valence-electron chi connectivity index (χ4n) is 1.24. The summed E-state index contributed by atoms with van der Waals surface area (Å²) in [6.07, 6.45) is 6.34. The third kappa shape index (κ3) is 8.27. The molecule has 0 bridgehead atoms. The van der Waals surface area contributed by atoms with Gasteiger partial charge in [-0.05, 0) is 31.6 Å². The van der Waals surface area contributed by atoms with Crippen LogP contribution in [0.25, 0.3) is 0 Å². The first kappa shape index (κ1) is 13.7. The van der Waals surface area contributed by atoms with Crippen molar-refractivity contribution < 1.29 is 9.84 Å². The van der Waals surface area contributed by atoms with Crippen LogP contribution in [0.3, 0.4) is 0 Å². The van der Waals surface area contributed by atoms with E-state index in [1.807, 2.05) is 6.92 Å². The maximum atomic E-state index is 8.72. The lowest BCUT2D eigenvalue weighted by atomic mass is 10.0. The van der Waals surface area contributed by atoms with E-state index in [0.29, 0.717) is 18.4 Å². The van der Waals surface area contributed by atoms with Gasteiger partial charge in [-0.25, -0.2) is 0 Å². The van der Waals surface area contributed by atoms with Crippen LogP contribution in [0.5, 0.6) is 0 Å². The van der Waals surface area contributed by atoms with Crippen molar-refractivity contribution in [3.8, 4) is 0 Å². The van der Waals surface area contributed by atoms with Gasteiger partial charge in [0.1, 0.15) is 0 Å². The minimum atomic E-state index is 0.295. The van der Waals surface area contributed by atoms with Gasteiger partial charge in [0.2, 0.25) is 0 Å². The molecule has 0 fully saturated rings. The lowest BCUT2D eigenvalue weighted by molar-refractivity contribution is 0.129. The van der Waals surface area contributed by atoms with E-state index in [4.69, 9.17) is 9.84 Å². The maximum absolute atomic E-state index is 8.72. The molecule has 0 spiro atoms. The van der Waals surface area contributed by atoms with E-state index < -0.39 is 0 Å². The molecule has 0 amide bonds. The molecule has 0 saturated carbocycles. The van der Waals surface area contributed by atoms with Crippen LogP contribution < -0.4 is 0 Å². The average Bonchev–Trinajstić information content (AvgIpc) is 2.15. The number of hydrogen-bond donors (Lipinski definition) is 1. The highest BCUT2D eigenvalue weighted by Gasteiger charge is 1.99. The highest BCUT2D eigenvalue weighted by Crippen LogP contribution is 2.08. The Morgan fingerprint density at radius 2 is 2.07 bits per heavy atom. The van der Waals surface area contributed by atoms with Crippen LogP contribution in [-0.4, -0.2) is 24.9 Å². The minimum absolute atomic E-state index is 0.295. The first-order valence-electron chi connectivity index (χ1n) is 5.56. The van der Waals surface area contributed by atoms with Crippen molar-refractivity contribution in [2.75, 3.05) is 19.8 Å². The Hall–Kier alpha value is -0.340. The summed E-state index contributed by atoms with van der Waals surface area (Å²) in [4.78, 5) is 0. The highest BCUT2D eigenvalue weighted by atomic mass is 16.5. The summed E-state index contributed by atoms with van der Waals surface area (Å²) in [5.74, 6) is 1.08. The molecule has 0 aliphatic heterocycles. The van der Waals surface area contributed by atoms with Crippen LogP contribution >= 0.6 is 0 Å². The van der Waals surface area contributed by atoms with Gasteiger partial charge < -0.3 is 9.84 Å². The number of rotatable bonds is 8. The number of aliphatic hydroxyl groups excluding tert-OH is 1. The maximum Gasteiger partial charge on any atom is 0.0525 e. The van der Waals surface area contributed by atoms with E-state index in [2.05, 4.69) is 26.0 Å². The molecule has 14 heavy (non-hydrogen) atoms. The number of allylic oxidation sites excluding steroid dienone is 1. The predicted octanol–water partition coefficient (Wildman–Crippen LogP) is 2.62. The molecule has 0 saturated heterocycles. The minimum Gasteiger partial charge on any atom is -0.396 e. The van der Waals surface area contributed by atoms with Crippen LogP contribution in [-0.2, 0) is 4.74 Å². The lowest BCUT2D eigenvalue weighted by Crippen LogP contribution is -2.03. The quantitative estimate of drug-likeness (QED) is 0.610. The van der Waals surface area contributed by atoms with Gasteiger partial charge in [0.15, 0.2) is 0 Å². The van der Waals surface area contributed by atoms with Gasteiger partial charge in [-0.3, -0.25) is 0 Å². The summed E-state index contributed by atoms with van der Waals surface area (Å²) in [6.45, 7) is 8.22. The molecular weight excluding hydrogens is 176 g/mol. The molecule has 2 nitrogen and oxygen atoms in total. The van der Waals surface area contributed by atoms with Crippen molar-refractivity contribution in [1.29, 1.82) is 0 Å². The third-order valence-electron chi connectivity index (χ3n) is 2.21. The van der Waals surface area contributed by atoms with Crippen LogP contribution in [0.2, 0.25) is 0 Å². The summed E-state index contributed by atoms with van der Waals surface area (Å²) < 4.78 is 5.31. The molecule has 1 N–H and O–H groups in total.